The highest BCUT2D eigenvalue weighted by Crippen LogP contribution is 2.26. The van der Waals surface area contributed by atoms with E-state index in [1.807, 2.05) is 0 Å². The largest absolute Gasteiger partial charge is 0.326 e. The summed E-state index contributed by atoms with van der Waals surface area (Å²) < 4.78 is 13.2. The quantitative estimate of drug-likeness (QED) is 0.781. The van der Waals surface area contributed by atoms with Crippen LogP contribution in [0.2, 0.25) is 0 Å². The summed E-state index contributed by atoms with van der Waals surface area (Å²) in [6, 6.07) is 4.30. The normalized spacial score (nSPS) is 18.5. The molecule has 102 valence electrons. The molecular formula is C15H18FNO2. The number of nitrogens with zero attached hydrogens (tertiary/aromatic N) is 1. The number of amides is 1. The highest BCUT2D eigenvalue weighted by Gasteiger charge is 2.40. The van der Waals surface area contributed by atoms with Crippen LogP contribution in [0, 0.1) is 12.7 Å². The summed E-state index contributed by atoms with van der Waals surface area (Å²) in [5, 5.41) is 0. The van der Waals surface area contributed by atoms with Crippen LogP contribution in [0.5, 0.6) is 0 Å². The van der Waals surface area contributed by atoms with E-state index in [1.165, 1.54) is 18.2 Å². The molecule has 0 N–H and O–H groups in total. The summed E-state index contributed by atoms with van der Waals surface area (Å²) in [7, 11) is 0. The molecule has 0 bridgehead atoms. The average molecular weight is 263 g/mol. The number of aryl methyl sites for hydroxylation is 1. The number of Topliss-reactive ketones (excluding diaryl/α,β-unsaturated/α-hetero) is 1. The summed E-state index contributed by atoms with van der Waals surface area (Å²) >= 11 is 0. The Labute approximate surface area is 112 Å². The van der Waals surface area contributed by atoms with Crippen LogP contribution in [0.4, 0.5) is 4.39 Å². The standard InChI is InChI=1S/C15H18FNO2/c1-10-9-11(6-7-12(10)16)14(19)17-8-4-5-13(18)15(17,2)3/h6-7,9H,4-5,8H2,1-3H3. The van der Waals surface area contributed by atoms with Gasteiger partial charge in [-0.2, -0.15) is 0 Å². The molecule has 0 radical (unpaired) electrons. The minimum atomic E-state index is -0.780. The number of carbonyl (C=O) groups excluding carboxylic acids is 2. The van der Waals surface area contributed by atoms with E-state index in [9.17, 15) is 14.0 Å². The predicted molar refractivity (Wildman–Crippen MR) is 70.5 cm³/mol. The van der Waals surface area contributed by atoms with Crippen molar-refractivity contribution in [1.29, 1.82) is 0 Å². The number of piperidine rings is 1. The molecule has 19 heavy (non-hydrogen) atoms. The maximum absolute atomic E-state index is 13.2. The number of likely N-dealkylation sites (tertiary alicyclic amines) is 1. The van der Waals surface area contributed by atoms with Gasteiger partial charge in [-0.25, -0.2) is 4.39 Å². The van der Waals surface area contributed by atoms with Crippen molar-refractivity contribution in [3.63, 3.8) is 0 Å². The van der Waals surface area contributed by atoms with Crippen molar-refractivity contribution in [2.45, 2.75) is 39.2 Å². The molecule has 1 saturated heterocycles. The Kier molecular flexibility index (Phi) is 3.43. The second kappa shape index (κ2) is 4.76. The van der Waals surface area contributed by atoms with Gasteiger partial charge in [0.05, 0.1) is 5.54 Å². The first-order chi connectivity index (χ1) is 8.84. The van der Waals surface area contributed by atoms with E-state index in [-0.39, 0.29) is 17.5 Å². The van der Waals surface area contributed by atoms with Crippen molar-refractivity contribution in [3.05, 3.63) is 35.1 Å². The molecule has 1 fully saturated rings. The Morgan fingerprint density at radius 2 is 2.05 bits per heavy atom. The molecule has 1 aromatic rings. The lowest BCUT2D eigenvalue weighted by Crippen LogP contribution is -2.56. The van der Waals surface area contributed by atoms with E-state index in [4.69, 9.17) is 0 Å². The van der Waals surface area contributed by atoms with E-state index >= 15 is 0 Å². The van der Waals surface area contributed by atoms with Crippen molar-refractivity contribution in [2.24, 2.45) is 0 Å². The van der Waals surface area contributed by atoms with Gasteiger partial charge < -0.3 is 4.90 Å². The number of halogens is 1. The number of hydrogen-bond donors (Lipinski definition) is 0. The minimum Gasteiger partial charge on any atom is -0.326 e. The van der Waals surface area contributed by atoms with Crippen molar-refractivity contribution < 1.29 is 14.0 Å². The molecule has 0 aliphatic carbocycles. The van der Waals surface area contributed by atoms with E-state index in [0.717, 1.165) is 0 Å². The molecule has 2 rings (SSSR count). The molecule has 0 atom stereocenters. The van der Waals surface area contributed by atoms with E-state index in [2.05, 4.69) is 0 Å². The van der Waals surface area contributed by atoms with Crippen LogP contribution in [-0.4, -0.2) is 28.7 Å². The topological polar surface area (TPSA) is 37.4 Å². The number of carbonyl (C=O) groups is 2. The fraction of sp³-hybridized carbons (Fsp3) is 0.467. The Balaban J connectivity index is 2.32. The molecule has 0 unspecified atom stereocenters. The smallest absolute Gasteiger partial charge is 0.254 e. The zero-order chi connectivity index (χ0) is 14.2. The zero-order valence-corrected chi connectivity index (χ0v) is 11.5. The molecule has 0 saturated carbocycles. The van der Waals surface area contributed by atoms with Gasteiger partial charge in [0, 0.05) is 18.5 Å². The lowest BCUT2D eigenvalue weighted by molar-refractivity contribution is -0.130. The molecule has 1 heterocycles. The van der Waals surface area contributed by atoms with E-state index in [1.54, 1.807) is 25.7 Å². The average Bonchev–Trinajstić information content (AvgIpc) is 2.35. The second-order valence-corrected chi connectivity index (χ2v) is 5.51. The first-order valence-electron chi connectivity index (χ1n) is 6.45. The summed E-state index contributed by atoms with van der Waals surface area (Å²) in [6.07, 6.45) is 1.20. The molecule has 4 heteroatoms. The predicted octanol–water partition coefficient (Wildman–Crippen LogP) is 2.72. The first kappa shape index (κ1) is 13.7. The van der Waals surface area contributed by atoms with Gasteiger partial charge in [-0.1, -0.05) is 0 Å². The van der Waals surface area contributed by atoms with Crippen LogP contribution >= 0.6 is 0 Å². The molecule has 1 amide bonds. The van der Waals surface area contributed by atoms with Gasteiger partial charge in [-0.15, -0.1) is 0 Å². The summed E-state index contributed by atoms with van der Waals surface area (Å²) in [5.41, 5.74) is 0.0890. The monoisotopic (exact) mass is 263 g/mol. The van der Waals surface area contributed by atoms with Gasteiger partial charge in [-0.05, 0) is 51.0 Å². The molecule has 3 nitrogen and oxygen atoms in total. The maximum Gasteiger partial charge on any atom is 0.254 e. The fourth-order valence-electron chi connectivity index (χ4n) is 2.42. The van der Waals surface area contributed by atoms with Crippen LogP contribution in [-0.2, 0) is 4.79 Å². The molecular weight excluding hydrogens is 245 g/mol. The van der Waals surface area contributed by atoms with Crippen LogP contribution < -0.4 is 0 Å². The van der Waals surface area contributed by atoms with Crippen LogP contribution in [0.3, 0.4) is 0 Å². The van der Waals surface area contributed by atoms with Gasteiger partial charge in [0.25, 0.3) is 5.91 Å². The van der Waals surface area contributed by atoms with Crippen LogP contribution in [0.1, 0.15) is 42.6 Å². The minimum absolute atomic E-state index is 0.0749. The number of benzene rings is 1. The third-order valence-corrected chi connectivity index (χ3v) is 3.79. The molecule has 1 aliphatic rings. The Hall–Kier alpha value is -1.71. The lowest BCUT2D eigenvalue weighted by Gasteiger charge is -2.41. The van der Waals surface area contributed by atoms with Gasteiger partial charge in [-0.3, -0.25) is 9.59 Å². The van der Waals surface area contributed by atoms with Crippen molar-refractivity contribution >= 4 is 11.7 Å². The first-order valence-corrected chi connectivity index (χ1v) is 6.45. The third-order valence-electron chi connectivity index (χ3n) is 3.79. The summed E-state index contributed by atoms with van der Waals surface area (Å²) in [4.78, 5) is 26.0. The second-order valence-electron chi connectivity index (χ2n) is 5.51. The molecule has 0 aromatic heterocycles. The SMILES string of the molecule is Cc1cc(C(=O)N2CCCC(=O)C2(C)C)ccc1F. The molecule has 0 spiro atoms. The fourth-order valence-corrected chi connectivity index (χ4v) is 2.42. The summed E-state index contributed by atoms with van der Waals surface area (Å²) in [5.74, 6) is -0.461. The van der Waals surface area contributed by atoms with Crippen LogP contribution in [0.15, 0.2) is 18.2 Å². The lowest BCUT2D eigenvalue weighted by atomic mass is 9.88. The van der Waals surface area contributed by atoms with Crippen molar-refractivity contribution in [1.82, 2.24) is 4.90 Å². The zero-order valence-electron chi connectivity index (χ0n) is 11.5. The van der Waals surface area contributed by atoms with Crippen molar-refractivity contribution in [2.75, 3.05) is 6.54 Å². The van der Waals surface area contributed by atoms with E-state index < -0.39 is 5.54 Å². The number of rotatable bonds is 1. The van der Waals surface area contributed by atoms with E-state index in [0.29, 0.717) is 30.5 Å². The third kappa shape index (κ3) is 2.39. The number of ketones is 1. The highest BCUT2D eigenvalue weighted by molar-refractivity contribution is 6.00. The van der Waals surface area contributed by atoms with Crippen LogP contribution in [0.25, 0.3) is 0 Å². The Bertz CT molecular complexity index is 537. The van der Waals surface area contributed by atoms with Gasteiger partial charge in [0.2, 0.25) is 0 Å². The van der Waals surface area contributed by atoms with Gasteiger partial charge in [0.15, 0.2) is 5.78 Å². The Morgan fingerprint density at radius 1 is 1.37 bits per heavy atom. The van der Waals surface area contributed by atoms with Crippen molar-refractivity contribution in [3.8, 4) is 0 Å². The van der Waals surface area contributed by atoms with Gasteiger partial charge in [0.1, 0.15) is 5.82 Å². The maximum atomic E-state index is 13.2. The number of hydrogen-bond acceptors (Lipinski definition) is 2. The highest BCUT2D eigenvalue weighted by atomic mass is 19.1. The molecule has 1 aliphatic heterocycles. The summed E-state index contributed by atoms with van der Waals surface area (Å²) in [6.45, 7) is 5.72. The van der Waals surface area contributed by atoms with Gasteiger partial charge >= 0.3 is 0 Å². The Morgan fingerprint density at radius 3 is 2.68 bits per heavy atom. The molecule has 1 aromatic carbocycles.